The summed E-state index contributed by atoms with van der Waals surface area (Å²) >= 11 is 3.52. The van der Waals surface area contributed by atoms with Crippen LogP contribution in [0.15, 0.2) is 22.7 Å². The zero-order valence-electron chi connectivity index (χ0n) is 12.6. The van der Waals surface area contributed by atoms with Gasteiger partial charge < -0.3 is 19.5 Å². The molecule has 0 aliphatic heterocycles. The van der Waals surface area contributed by atoms with Crippen LogP contribution in [0.5, 0.6) is 0 Å². The first-order chi connectivity index (χ1) is 9.51. The van der Waals surface area contributed by atoms with Crippen LogP contribution in [-0.2, 0) is 9.47 Å². The van der Waals surface area contributed by atoms with E-state index in [4.69, 9.17) is 9.47 Å². The Morgan fingerprint density at radius 1 is 1.25 bits per heavy atom. The predicted octanol–water partition coefficient (Wildman–Crippen LogP) is 2.99. The molecule has 1 unspecified atom stereocenters. The third kappa shape index (κ3) is 4.74. The van der Waals surface area contributed by atoms with Crippen molar-refractivity contribution in [3.05, 3.63) is 28.2 Å². The first-order valence-electron chi connectivity index (χ1n) is 6.73. The van der Waals surface area contributed by atoms with Crippen LogP contribution in [0.3, 0.4) is 0 Å². The van der Waals surface area contributed by atoms with Gasteiger partial charge in [-0.25, -0.2) is 0 Å². The lowest BCUT2D eigenvalue weighted by atomic mass is 10.1. The average Bonchev–Trinajstić information content (AvgIpc) is 2.39. The van der Waals surface area contributed by atoms with Crippen molar-refractivity contribution in [3.8, 4) is 0 Å². The molecule has 5 heteroatoms. The number of benzene rings is 1. The molecule has 0 saturated carbocycles. The smallest absolute Gasteiger partial charge is 0.0772 e. The average molecular weight is 346 g/mol. The molecule has 0 saturated heterocycles. The van der Waals surface area contributed by atoms with E-state index in [1.807, 2.05) is 18.2 Å². The third-order valence-corrected chi connectivity index (χ3v) is 3.93. The number of halogens is 1. The lowest BCUT2D eigenvalue weighted by molar-refractivity contribution is 0.171. The van der Waals surface area contributed by atoms with Crippen LogP contribution in [0, 0.1) is 0 Å². The molecular formula is C15H24BrNO3. The van der Waals surface area contributed by atoms with E-state index in [1.165, 1.54) is 0 Å². The van der Waals surface area contributed by atoms with Gasteiger partial charge in [0.15, 0.2) is 0 Å². The molecule has 0 spiro atoms. The lowest BCUT2D eigenvalue weighted by Gasteiger charge is -2.31. The Morgan fingerprint density at radius 2 is 1.95 bits per heavy atom. The molecule has 0 aliphatic carbocycles. The van der Waals surface area contributed by atoms with Gasteiger partial charge in [-0.3, -0.25) is 0 Å². The van der Waals surface area contributed by atoms with Crippen molar-refractivity contribution in [3.63, 3.8) is 0 Å². The highest BCUT2D eigenvalue weighted by atomic mass is 79.9. The molecule has 0 fully saturated rings. The van der Waals surface area contributed by atoms with Gasteiger partial charge in [-0.2, -0.15) is 0 Å². The molecule has 2 atom stereocenters. The summed E-state index contributed by atoms with van der Waals surface area (Å²) in [4.78, 5) is 2.24. The summed E-state index contributed by atoms with van der Waals surface area (Å²) in [7, 11) is 3.41. The fourth-order valence-electron chi connectivity index (χ4n) is 2.16. The van der Waals surface area contributed by atoms with Crippen LogP contribution >= 0.6 is 15.9 Å². The molecule has 20 heavy (non-hydrogen) atoms. The number of aliphatic hydroxyl groups is 1. The molecule has 4 nitrogen and oxygen atoms in total. The van der Waals surface area contributed by atoms with Gasteiger partial charge >= 0.3 is 0 Å². The minimum absolute atomic E-state index is 0.249. The van der Waals surface area contributed by atoms with E-state index in [0.29, 0.717) is 13.2 Å². The van der Waals surface area contributed by atoms with Crippen molar-refractivity contribution < 1.29 is 14.6 Å². The Labute approximate surface area is 129 Å². The molecule has 1 aromatic carbocycles. The van der Waals surface area contributed by atoms with Crippen LogP contribution in [0.2, 0.25) is 0 Å². The Morgan fingerprint density at radius 3 is 2.45 bits per heavy atom. The van der Waals surface area contributed by atoms with Gasteiger partial charge in [-0.15, -0.1) is 0 Å². The maximum atomic E-state index is 9.69. The third-order valence-electron chi connectivity index (χ3n) is 3.24. The van der Waals surface area contributed by atoms with Crippen molar-refractivity contribution in [1.29, 1.82) is 0 Å². The molecule has 1 rings (SSSR count). The Balaban J connectivity index is 2.97. The van der Waals surface area contributed by atoms with E-state index in [-0.39, 0.29) is 6.04 Å². The molecule has 0 amide bonds. The quantitative estimate of drug-likeness (QED) is 0.786. The number of aliphatic hydroxyl groups excluding tert-OH is 1. The summed E-state index contributed by atoms with van der Waals surface area (Å²) in [5, 5.41) is 9.69. The summed E-state index contributed by atoms with van der Waals surface area (Å²) in [5.41, 5.74) is 1.97. The number of ether oxygens (including phenoxy) is 2. The van der Waals surface area contributed by atoms with Crippen molar-refractivity contribution in [2.45, 2.75) is 26.0 Å². The van der Waals surface area contributed by atoms with Crippen molar-refractivity contribution in [2.75, 3.05) is 38.9 Å². The minimum atomic E-state index is -0.484. The van der Waals surface area contributed by atoms with Gasteiger partial charge in [0, 0.05) is 37.0 Å². The molecule has 0 radical (unpaired) electrons. The van der Waals surface area contributed by atoms with Crippen LogP contribution in [0.4, 0.5) is 5.69 Å². The summed E-state index contributed by atoms with van der Waals surface area (Å²) < 4.78 is 11.3. The van der Waals surface area contributed by atoms with E-state index >= 15 is 0 Å². The van der Waals surface area contributed by atoms with Gasteiger partial charge in [-0.05, 0) is 31.5 Å². The number of methoxy groups -OCH3 is 2. The predicted molar refractivity (Wildman–Crippen MR) is 85.3 cm³/mol. The summed E-state index contributed by atoms with van der Waals surface area (Å²) in [5.74, 6) is 0. The van der Waals surface area contributed by atoms with Crippen LogP contribution in [-0.4, -0.2) is 45.1 Å². The van der Waals surface area contributed by atoms with E-state index in [0.717, 1.165) is 22.3 Å². The number of hydrogen-bond donors (Lipinski definition) is 1. The van der Waals surface area contributed by atoms with Crippen LogP contribution in [0.1, 0.15) is 25.5 Å². The topological polar surface area (TPSA) is 41.9 Å². The highest BCUT2D eigenvalue weighted by Gasteiger charge is 2.16. The lowest BCUT2D eigenvalue weighted by Crippen LogP contribution is -2.38. The largest absolute Gasteiger partial charge is 0.389 e. The SMILES string of the molecule is COCCN(c1ccc([C@H](C)O)c(Br)c1)C(C)COC. The molecule has 114 valence electrons. The van der Waals surface area contributed by atoms with Gasteiger partial charge in [-0.1, -0.05) is 22.0 Å². The normalized spacial score (nSPS) is 14.1. The van der Waals surface area contributed by atoms with E-state index in [1.54, 1.807) is 21.1 Å². The fraction of sp³-hybridized carbons (Fsp3) is 0.600. The van der Waals surface area contributed by atoms with Gasteiger partial charge in [0.25, 0.3) is 0 Å². The maximum absolute atomic E-state index is 9.69. The van der Waals surface area contributed by atoms with Gasteiger partial charge in [0.2, 0.25) is 0 Å². The molecule has 0 aromatic heterocycles. The van der Waals surface area contributed by atoms with E-state index in [2.05, 4.69) is 27.8 Å². The standard InChI is InChI=1S/C15H24BrNO3/c1-11(10-20-4)17(7-8-19-3)13-5-6-14(12(2)18)15(16)9-13/h5-6,9,11-12,18H,7-8,10H2,1-4H3/t11?,12-/m0/s1. The second kappa shape index (κ2) is 8.62. The highest BCUT2D eigenvalue weighted by molar-refractivity contribution is 9.10. The Bertz CT molecular complexity index is 412. The summed E-state index contributed by atoms with van der Waals surface area (Å²) in [6, 6.07) is 6.25. The van der Waals surface area contributed by atoms with E-state index in [9.17, 15) is 5.11 Å². The van der Waals surface area contributed by atoms with Crippen molar-refractivity contribution in [1.82, 2.24) is 0 Å². The van der Waals surface area contributed by atoms with Crippen molar-refractivity contribution in [2.24, 2.45) is 0 Å². The highest BCUT2D eigenvalue weighted by Crippen LogP contribution is 2.29. The maximum Gasteiger partial charge on any atom is 0.0772 e. The fourth-order valence-corrected chi connectivity index (χ4v) is 2.86. The zero-order valence-corrected chi connectivity index (χ0v) is 14.2. The van der Waals surface area contributed by atoms with E-state index < -0.39 is 6.10 Å². The monoisotopic (exact) mass is 345 g/mol. The number of rotatable bonds is 8. The second-order valence-electron chi connectivity index (χ2n) is 4.87. The van der Waals surface area contributed by atoms with Gasteiger partial charge in [0.05, 0.1) is 19.3 Å². The van der Waals surface area contributed by atoms with Crippen LogP contribution in [0.25, 0.3) is 0 Å². The Hall–Kier alpha value is -0.620. The Kier molecular flexibility index (Phi) is 7.51. The number of nitrogens with zero attached hydrogens (tertiary/aromatic N) is 1. The first-order valence-corrected chi connectivity index (χ1v) is 7.52. The van der Waals surface area contributed by atoms with Crippen molar-refractivity contribution >= 4 is 21.6 Å². The number of hydrogen-bond acceptors (Lipinski definition) is 4. The molecule has 0 heterocycles. The number of anilines is 1. The van der Waals surface area contributed by atoms with Crippen LogP contribution < -0.4 is 4.90 Å². The zero-order chi connectivity index (χ0) is 15.1. The molecule has 1 N–H and O–H groups in total. The molecule has 0 bridgehead atoms. The van der Waals surface area contributed by atoms with Gasteiger partial charge in [0.1, 0.15) is 0 Å². The summed E-state index contributed by atoms with van der Waals surface area (Å²) in [6.45, 7) is 5.98. The molecule has 1 aromatic rings. The first kappa shape index (κ1) is 17.4. The molecule has 0 aliphatic rings. The summed E-state index contributed by atoms with van der Waals surface area (Å²) in [6.07, 6.45) is -0.484. The minimum Gasteiger partial charge on any atom is -0.389 e. The molecular weight excluding hydrogens is 322 g/mol. The second-order valence-corrected chi connectivity index (χ2v) is 5.73.